The second-order valence-corrected chi connectivity index (χ2v) is 6.62. The summed E-state index contributed by atoms with van der Waals surface area (Å²) in [6.45, 7) is 5.12. The average molecular weight is 296 g/mol. The van der Waals surface area contributed by atoms with E-state index in [1.165, 1.54) is 29.8 Å². The van der Waals surface area contributed by atoms with Crippen LogP contribution in [0.2, 0.25) is 0 Å². The number of nitrogens with one attached hydrogen (secondary N) is 1. The van der Waals surface area contributed by atoms with Crippen LogP contribution in [0.1, 0.15) is 48.7 Å². The van der Waals surface area contributed by atoms with Gasteiger partial charge in [0.2, 0.25) is 5.91 Å². The van der Waals surface area contributed by atoms with E-state index >= 15 is 0 Å². The quantitative estimate of drug-likeness (QED) is 0.841. The SMILES string of the molecule is CC(C)OCCC(=O)NCCc1nc2c(s1)CCCC2. The number of nitrogens with zero attached hydrogens (tertiary/aromatic N) is 1. The minimum atomic E-state index is 0.0620. The van der Waals surface area contributed by atoms with Crippen LogP contribution in [-0.4, -0.2) is 30.1 Å². The Morgan fingerprint density at radius 3 is 2.95 bits per heavy atom. The summed E-state index contributed by atoms with van der Waals surface area (Å²) in [4.78, 5) is 17.7. The van der Waals surface area contributed by atoms with Gasteiger partial charge in [-0.2, -0.15) is 0 Å². The first-order chi connectivity index (χ1) is 9.65. The second-order valence-electron chi connectivity index (χ2n) is 5.45. The first kappa shape index (κ1) is 15.4. The zero-order valence-electron chi connectivity index (χ0n) is 12.4. The first-order valence-electron chi connectivity index (χ1n) is 7.51. The molecule has 4 nitrogen and oxygen atoms in total. The minimum absolute atomic E-state index is 0.0620. The van der Waals surface area contributed by atoms with E-state index in [1.807, 2.05) is 25.2 Å². The third-order valence-electron chi connectivity index (χ3n) is 3.33. The predicted octanol–water partition coefficient (Wildman–Crippen LogP) is 2.50. The van der Waals surface area contributed by atoms with Crippen molar-refractivity contribution in [1.29, 1.82) is 0 Å². The molecule has 5 heteroatoms. The van der Waals surface area contributed by atoms with Gasteiger partial charge in [0.1, 0.15) is 0 Å². The second kappa shape index (κ2) is 7.74. The highest BCUT2D eigenvalue weighted by Gasteiger charge is 2.14. The molecule has 0 radical (unpaired) electrons. The summed E-state index contributed by atoms with van der Waals surface area (Å²) in [5, 5.41) is 4.10. The van der Waals surface area contributed by atoms with E-state index in [-0.39, 0.29) is 12.0 Å². The van der Waals surface area contributed by atoms with Gasteiger partial charge < -0.3 is 10.1 Å². The predicted molar refractivity (Wildman–Crippen MR) is 81.2 cm³/mol. The van der Waals surface area contributed by atoms with E-state index in [4.69, 9.17) is 4.74 Å². The van der Waals surface area contributed by atoms with Crippen LogP contribution in [0.25, 0.3) is 0 Å². The summed E-state index contributed by atoms with van der Waals surface area (Å²) in [6, 6.07) is 0. The average Bonchev–Trinajstić information content (AvgIpc) is 2.80. The Morgan fingerprint density at radius 2 is 2.20 bits per heavy atom. The lowest BCUT2D eigenvalue weighted by Crippen LogP contribution is -2.27. The van der Waals surface area contributed by atoms with Crippen LogP contribution in [-0.2, 0) is 28.8 Å². The van der Waals surface area contributed by atoms with Crippen molar-refractivity contribution in [2.45, 2.75) is 58.5 Å². The molecule has 1 aliphatic rings. The third kappa shape index (κ3) is 4.87. The molecular weight excluding hydrogens is 272 g/mol. The first-order valence-corrected chi connectivity index (χ1v) is 8.32. The summed E-state index contributed by atoms with van der Waals surface area (Å²) < 4.78 is 5.36. The Bertz CT molecular complexity index is 420. The van der Waals surface area contributed by atoms with E-state index in [1.54, 1.807) is 0 Å². The van der Waals surface area contributed by atoms with Crippen molar-refractivity contribution >= 4 is 17.2 Å². The Kier molecular flexibility index (Phi) is 5.98. The maximum Gasteiger partial charge on any atom is 0.222 e. The van der Waals surface area contributed by atoms with Crippen LogP contribution in [0.15, 0.2) is 0 Å². The van der Waals surface area contributed by atoms with Gasteiger partial charge in [0.25, 0.3) is 0 Å². The Hall–Kier alpha value is -0.940. The number of thiazole rings is 1. The molecule has 0 spiro atoms. The summed E-state index contributed by atoms with van der Waals surface area (Å²) in [5.41, 5.74) is 1.30. The van der Waals surface area contributed by atoms with E-state index < -0.39 is 0 Å². The fraction of sp³-hybridized carbons (Fsp3) is 0.733. The van der Waals surface area contributed by atoms with E-state index in [0.29, 0.717) is 19.6 Å². The lowest BCUT2D eigenvalue weighted by atomic mass is 10.0. The van der Waals surface area contributed by atoms with Crippen molar-refractivity contribution < 1.29 is 9.53 Å². The number of amides is 1. The molecule has 0 unspecified atom stereocenters. The molecule has 1 N–H and O–H groups in total. The van der Waals surface area contributed by atoms with Gasteiger partial charge in [-0.15, -0.1) is 11.3 Å². The summed E-state index contributed by atoms with van der Waals surface area (Å²) >= 11 is 1.82. The van der Waals surface area contributed by atoms with Gasteiger partial charge in [0.15, 0.2) is 0 Å². The van der Waals surface area contributed by atoms with Crippen LogP contribution in [0.3, 0.4) is 0 Å². The van der Waals surface area contributed by atoms with E-state index in [9.17, 15) is 4.79 Å². The minimum Gasteiger partial charge on any atom is -0.378 e. The molecule has 20 heavy (non-hydrogen) atoms. The highest BCUT2D eigenvalue weighted by molar-refractivity contribution is 7.11. The van der Waals surface area contributed by atoms with Crippen LogP contribution < -0.4 is 5.32 Å². The van der Waals surface area contributed by atoms with Gasteiger partial charge in [0, 0.05) is 24.3 Å². The molecule has 0 atom stereocenters. The summed E-state index contributed by atoms with van der Waals surface area (Å²) in [5.74, 6) is 0.0620. The molecule has 1 aromatic heterocycles. The summed E-state index contributed by atoms with van der Waals surface area (Å²) in [7, 11) is 0. The molecule has 112 valence electrons. The molecule has 1 aliphatic carbocycles. The maximum absolute atomic E-state index is 11.6. The van der Waals surface area contributed by atoms with Crippen LogP contribution in [0, 0.1) is 0 Å². The molecule has 0 aromatic carbocycles. The number of hydrogen-bond acceptors (Lipinski definition) is 4. The van der Waals surface area contributed by atoms with Gasteiger partial charge in [-0.05, 0) is 39.5 Å². The van der Waals surface area contributed by atoms with Gasteiger partial charge in [-0.25, -0.2) is 4.98 Å². The topological polar surface area (TPSA) is 51.2 Å². The number of rotatable bonds is 7. The zero-order valence-corrected chi connectivity index (χ0v) is 13.2. The van der Waals surface area contributed by atoms with Gasteiger partial charge >= 0.3 is 0 Å². The molecule has 0 aliphatic heterocycles. The molecule has 0 saturated carbocycles. The van der Waals surface area contributed by atoms with Crippen LogP contribution in [0.4, 0.5) is 0 Å². The number of carbonyl (C=O) groups excluding carboxylic acids is 1. The number of fused-ring (bicyclic) bond motifs is 1. The Balaban J connectivity index is 1.65. The van der Waals surface area contributed by atoms with Crippen LogP contribution in [0.5, 0.6) is 0 Å². The van der Waals surface area contributed by atoms with Crippen LogP contribution >= 0.6 is 11.3 Å². The monoisotopic (exact) mass is 296 g/mol. The fourth-order valence-corrected chi connectivity index (χ4v) is 3.45. The van der Waals surface area contributed by atoms with Crippen molar-refractivity contribution in [2.75, 3.05) is 13.2 Å². The highest BCUT2D eigenvalue weighted by atomic mass is 32.1. The van der Waals surface area contributed by atoms with Gasteiger partial charge in [0.05, 0.1) is 23.4 Å². The number of aromatic nitrogens is 1. The fourth-order valence-electron chi connectivity index (χ4n) is 2.30. The highest BCUT2D eigenvalue weighted by Crippen LogP contribution is 2.26. The van der Waals surface area contributed by atoms with E-state index in [2.05, 4.69) is 10.3 Å². The Labute approximate surface area is 124 Å². The number of hydrogen-bond donors (Lipinski definition) is 1. The molecule has 0 bridgehead atoms. The largest absolute Gasteiger partial charge is 0.378 e. The Morgan fingerprint density at radius 1 is 1.40 bits per heavy atom. The molecular formula is C15H24N2O2S. The van der Waals surface area contributed by atoms with Gasteiger partial charge in [-0.3, -0.25) is 4.79 Å². The normalized spacial score (nSPS) is 14.3. The number of aryl methyl sites for hydroxylation is 2. The van der Waals surface area contributed by atoms with Crippen molar-refractivity contribution in [3.05, 3.63) is 15.6 Å². The maximum atomic E-state index is 11.6. The standard InChI is InChI=1S/C15H24N2O2S/c1-11(2)19-10-8-14(18)16-9-7-15-17-12-5-3-4-6-13(12)20-15/h11H,3-10H2,1-2H3,(H,16,18). The molecule has 0 fully saturated rings. The molecule has 0 saturated heterocycles. The van der Waals surface area contributed by atoms with E-state index in [0.717, 1.165) is 17.8 Å². The summed E-state index contributed by atoms with van der Waals surface area (Å²) in [6.07, 6.45) is 6.34. The van der Waals surface area contributed by atoms with Crippen molar-refractivity contribution in [3.63, 3.8) is 0 Å². The van der Waals surface area contributed by atoms with Gasteiger partial charge in [-0.1, -0.05) is 0 Å². The molecule has 2 rings (SSSR count). The molecule has 1 amide bonds. The number of carbonyl (C=O) groups is 1. The van der Waals surface area contributed by atoms with Crippen molar-refractivity contribution in [2.24, 2.45) is 0 Å². The smallest absolute Gasteiger partial charge is 0.222 e. The molecule has 1 heterocycles. The van der Waals surface area contributed by atoms with Crippen molar-refractivity contribution in [1.82, 2.24) is 10.3 Å². The zero-order chi connectivity index (χ0) is 14.4. The third-order valence-corrected chi connectivity index (χ3v) is 4.55. The lowest BCUT2D eigenvalue weighted by molar-refractivity contribution is -0.122. The number of ether oxygens (including phenoxy) is 1. The lowest BCUT2D eigenvalue weighted by Gasteiger charge is -2.07. The molecule has 1 aromatic rings. The van der Waals surface area contributed by atoms with Crippen molar-refractivity contribution in [3.8, 4) is 0 Å².